The Hall–Kier alpha value is -1.05. The Kier molecular flexibility index (Phi) is 2.24. The van der Waals surface area contributed by atoms with E-state index in [0.717, 1.165) is 17.8 Å². The maximum atomic E-state index is 4.15. The fourth-order valence-electron chi connectivity index (χ4n) is 5.32. The van der Waals surface area contributed by atoms with E-state index < -0.39 is 0 Å². The average molecular weight is 242 g/mol. The molecule has 96 valence electrons. The van der Waals surface area contributed by atoms with Gasteiger partial charge in [-0.25, -0.2) is 0 Å². The third-order valence-electron chi connectivity index (χ3n) is 5.77. The Morgan fingerprint density at radius 1 is 1.00 bits per heavy atom. The van der Waals surface area contributed by atoms with Gasteiger partial charge in [0.2, 0.25) is 0 Å². The molecule has 0 unspecified atom stereocenters. The van der Waals surface area contributed by atoms with E-state index in [4.69, 9.17) is 0 Å². The van der Waals surface area contributed by atoms with E-state index in [2.05, 4.69) is 29.1 Å². The van der Waals surface area contributed by atoms with Crippen molar-refractivity contribution in [3.05, 3.63) is 24.5 Å². The molecule has 0 radical (unpaired) electrons. The largest absolute Gasteiger partial charge is 0.369 e. The predicted octanol–water partition coefficient (Wildman–Crippen LogP) is 3.49. The first kappa shape index (κ1) is 10.8. The molecule has 0 saturated heterocycles. The molecule has 4 aliphatic rings. The summed E-state index contributed by atoms with van der Waals surface area (Å²) in [5.74, 6) is 3.04. The molecule has 1 aromatic heterocycles. The molecule has 4 fully saturated rings. The second-order valence-electron chi connectivity index (χ2n) is 6.91. The van der Waals surface area contributed by atoms with Gasteiger partial charge in [-0.2, -0.15) is 0 Å². The van der Waals surface area contributed by atoms with Crippen molar-refractivity contribution in [3.63, 3.8) is 0 Å². The van der Waals surface area contributed by atoms with E-state index in [1.807, 2.05) is 12.4 Å². The molecule has 1 aromatic rings. The monoisotopic (exact) mass is 242 g/mol. The van der Waals surface area contributed by atoms with Gasteiger partial charge in [-0.3, -0.25) is 4.98 Å². The van der Waals surface area contributed by atoms with Gasteiger partial charge in [0, 0.05) is 30.7 Å². The van der Waals surface area contributed by atoms with E-state index in [0.29, 0.717) is 5.54 Å². The lowest BCUT2D eigenvalue weighted by molar-refractivity contribution is -0.00200. The smallest absolute Gasteiger partial charge is 0.0407 e. The first-order chi connectivity index (χ1) is 8.75. The van der Waals surface area contributed by atoms with Gasteiger partial charge in [0.1, 0.15) is 0 Å². The van der Waals surface area contributed by atoms with Crippen LogP contribution in [0, 0.1) is 17.8 Å². The summed E-state index contributed by atoms with van der Waals surface area (Å²) >= 11 is 0. The standard InChI is InChI=1S/C16H22N2/c1-18(15-2-4-17-5-3-15)16-9-12-6-13(10-16)8-14(7-12)11-16/h2-5,12-14H,6-11H2,1H3. The average Bonchev–Trinajstić information content (AvgIpc) is 2.37. The molecule has 0 N–H and O–H groups in total. The lowest BCUT2D eigenvalue weighted by Crippen LogP contribution is -2.59. The number of rotatable bonds is 2. The lowest BCUT2D eigenvalue weighted by Gasteiger charge is -2.60. The summed E-state index contributed by atoms with van der Waals surface area (Å²) in [6, 6.07) is 4.33. The zero-order chi connectivity index (χ0) is 12.2. The zero-order valence-electron chi connectivity index (χ0n) is 11.2. The highest BCUT2D eigenvalue weighted by Crippen LogP contribution is 2.57. The zero-order valence-corrected chi connectivity index (χ0v) is 11.2. The third kappa shape index (κ3) is 1.51. The third-order valence-corrected chi connectivity index (χ3v) is 5.77. The van der Waals surface area contributed by atoms with Crippen molar-refractivity contribution in [2.75, 3.05) is 11.9 Å². The summed E-state index contributed by atoms with van der Waals surface area (Å²) in [6.45, 7) is 0. The van der Waals surface area contributed by atoms with E-state index >= 15 is 0 Å². The second-order valence-corrected chi connectivity index (χ2v) is 6.91. The molecular weight excluding hydrogens is 220 g/mol. The van der Waals surface area contributed by atoms with E-state index in [1.165, 1.54) is 44.2 Å². The quantitative estimate of drug-likeness (QED) is 0.789. The molecule has 1 heterocycles. The van der Waals surface area contributed by atoms with Gasteiger partial charge in [-0.15, -0.1) is 0 Å². The topological polar surface area (TPSA) is 16.1 Å². The number of anilines is 1. The van der Waals surface area contributed by atoms with Gasteiger partial charge in [0.15, 0.2) is 0 Å². The summed E-state index contributed by atoms with van der Waals surface area (Å²) in [5, 5.41) is 0. The highest BCUT2D eigenvalue weighted by Gasteiger charge is 2.52. The Labute approximate surface area is 109 Å². The second kappa shape index (κ2) is 3.72. The van der Waals surface area contributed by atoms with Gasteiger partial charge < -0.3 is 4.90 Å². The highest BCUT2D eigenvalue weighted by atomic mass is 15.2. The number of hydrogen-bond acceptors (Lipinski definition) is 2. The minimum Gasteiger partial charge on any atom is -0.369 e. The van der Waals surface area contributed by atoms with Crippen LogP contribution in [0.3, 0.4) is 0 Å². The molecule has 4 bridgehead atoms. The van der Waals surface area contributed by atoms with Crippen LogP contribution in [0.1, 0.15) is 38.5 Å². The van der Waals surface area contributed by atoms with Gasteiger partial charge in [0.25, 0.3) is 0 Å². The van der Waals surface area contributed by atoms with E-state index in [-0.39, 0.29) is 0 Å². The number of hydrogen-bond donors (Lipinski definition) is 0. The van der Waals surface area contributed by atoms with E-state index in [1.54, 1.807) is 0 Å². The Morgan fingerprint density at radius 3 is 2.00 bits per heavy atom. The molecule has 0 aromatic carbocycles. The van der Waals surface area contributed by atoms with Crippen LogP contribution in [0.25, 0.3) is 0 Å². The molecule has 0 atom stereocenters. The molecule has 18 heavy (non-hydrogen) atoms. The summed E-state index contributed by atoms with van der Waals surface area (Å²) in [7, 11) is 2.31. The highest BCUT2D eigenvalue weighted by molar-refractivity contribution is 5.47. The van der Waals surface area contributed by atoms with Crippen molar-refractivity contribution in [3.8, 4) is 0 Å². The minimum absolute atomic E-state index is 0.468. The molecule has 0 aliphatic heterocycles. The van der Waals surface area contributed by atoms with Crippen molar-refractivity contribution in [1.29, 1.82) is 0 Å². The fraction of sp³-hybridized carbons (Fsp3) is 0.688. The van der Waals surface area contributed by atoms with Crippen molar-refractivity contribution in [2.24, 2.45) is 17.8 Å². The van der Waals surface area contributed by atoms with Crippen LogP contribution in [0.4, 0.5) is 5.69 Å². The molecule has 2 nitrogen and oxygen atoms in total. The summed E-state index contributed by atoms with van der Waals surface area (Å²) < 4.78 is 0. The van der Waals surface area contributed by atoms with Crippen molar-refractivity contribution < 1.29 is 0 Å². The van der Waals surface area contributed by atoms with Gasteiger partial charge in [-0.05, 0) is 68.4 Å². The van der Waals surface area contributed by atoms with Crippen molar-refractivity contribution in [2.45, 2.75) is 44.1 Å². The van der Waals surface area contributed by atoms with Crippen LogP contribution < -0.4 is 4.90 Å². The molecule has 0 amide bonds. The van der Waals surface area contributed by atoms with Crippen LogP contribution in [0.5, 0.6) is 0 Å². The molecule has 0 spiro atoms. The molecule has 4 aliphatic carbocycles. The first-order valence-corrected chi connectivity index (χ1v) is 7.39. The van der Waals surface area contributed by atoms with Gasteiger partial charge in [-0.1, -0.05) is 0 Å². The maximum Gasteiger partial charge on any atom is 0.0407 e. The lowest BCUT2D eigenvalue weighted by atomic mass is 9.52. The summed E-state index contributed by atoms with van der Waals surface area (Å²) in [4.78, 5) is 6.73. The number of pyridine rings is 1. The Morgan fingerprint density at radius 2 is 1.50 bits per heavy atom. The summed E-state index contributed by atoms with van der Waals surface area (Å²) in [5.41, 5.74) is 1.82. The maximum absolute atomic E-state index is 4.15. The van der Waals surface area contributed by atoms with Gasteiger partial charge >= 0.3 is 0 Å². The normalized spacial score (nSPS) is 41.1. The predicted molar refractivity (Wildman–Crippen MR) is 73.5 cm³/mol. The van der Waals surface area contributed by atoms with Crippen LogP contribution in [0.15, 0.2) is 24.5 Å². The molecule has 5 rings (SSSR count). The van der Waals surface area contributed by atoms with Crippen LogP contribution in [-0.2, 0) is 0 Å². The van der Waals surface area contributed by atoms with Crippen LogP contribution in [0.2, 0.25) is 0 Å². The van der Waals surface area contributed by atoms with Crippen molar-refractivity contribution >= 4 is 5.69 Å². The minimum atomic E-state index is 0.468. The number of aromatic nitrogens is 1. The number of nitrogens with zero attached hydrogens (tertiary/aromatic N) is 2. The Balaban J connectivity index is 1.67. The molecule has 4 saturated carbocycles. The summed E-state index contributed by atoms with van der Waals surface area (Å²) in [6.07, 6.45) is 12.7. The first-order valence-electron chi connectivity index (χ1n) is 7.39. The molecular formula is C16H22N2. The van der Waals surface area contributed by atoms with E-state index in [9.17, 15) is 0 Å². The van der Waals surface area contributed by atoms with Crippen molar-refractivity contribution in [1.82, 2.24) is 4.98 Å². The molecule has 2 heteroatoms. The SMILES string of the molecule is CN(c1ccncc1)C12CC3CC(CC(C3)C1)C2. The van der Waals surface area contributed by atoms with Gasteiger partial charge in [0.05, 0.1) is 0 Å². The van der Waals surface area contributed by atoms with Crippen LogP contribution in [-0.4, -0.2) is 17.6 Å². The van der Waals surface area contributed by atoms with Crippen LogP contribution >= 0.6 is 0 Å². The Bertz CT molecular complexity index is 404. The fourth-order valence-corrected chi connectivity index (χ4v) is 5.32.